The van der Waals surface area contributed by atoms with Gasteiger partial charge in [-0.3, -0.25) is 9.59 Å². The van der Waals surface area contributed by atoms with E-state index in [-0.39, 0.29) is 23.8 Å². The smallest absolute Gasteiger partial charge is 0.317 e. The summed E-state index contributed by atoms with van der Waals surface area (Å²) in [7, 11) is 1.57. The van der Waals surface area contributed by atoms with Gasteiger partial charge in [0.05, 0.1) is 5.92 Å². The Hall–Kier alpha value is -2.57. The molecule has 1 unspecified atom stereocenters. The minimum absolute atomic E-state index is 0.168. The number of piperidine rings is 1. The third kappa shape index (κ3) is 4.45. The largest absolute Gasteiger partial charge is 0.369 e. The first kappa shape index (κ1) is 16.8. The van der Waals surface area contributed by atoms with Crippen LogP contribution in [0.25, 0.3) is 0 Å². The number of nitrogens with zero attached hydrogens (tertiary/aromatic N) is 1. The molecule has 0 radical (unpaired) electrons. The third-order valence-electron chi connectivity index (χ3n) is 3.97. The standard InChI is InChI=1S/C16H22N4O3/c1-18-15(22)12-5-2-4-11(8-12)9-19-16(23)20-7-3-6-13(10-20)14(17)21/h2,4-5,8,13H,3,6-7,9-10H2,1H3,(H2,17,21)(H,18,22)(H,19,23). The predicted molar refractivity (Wildman–Crippen MR) is 85.6 cm³/mol. The minimum atomic E-state index is -0.360. The maximum Gasteiger partial charge on any atom is 0.317 e. The maximum atomic E-state index is 12.2. The van der Waals surface area contributed by atoms with Gasteiger partial charge >= 0.3 is 6.03 Å². The fourth-order valence-electron chi connectivity index (χ4n) is 2.65. The molecule has 1 aromatic carbocycles. The zero-order valence-electron chi connectivity index (χ0n) is 13.2. The highest BCUT2D eigenvalue weighted by Gasteiger charge is 2.26. The highest BCUT2D eigenvalue weighted by atomic mass is 16.2. The number of nitrogens with one attached hydrogen (secondary N) is 2. The lowest BCUT2D eigenvalue weighted by Gasteiger charge is -2.31. The molecular formula is C16H22N4O3. The lowest BCUT2D eigenvalue weighted by Crippen LogP contribution is -2.47. The molecule has 0 saturated carbocycles. The number of hydrogen-bond donors (Lipinski definition) is 3. The molecule has 124 valence electrons. The highest BCUT2D eigenvalue weighted by molar-refractivity contribution is 5.94. The number of nitrogens with two attached hydrogens (primary N) is 1. The van der Waals surface area contributed by atoms with Gasteiger partial charge in [-0.1, -0.05) is 12.1 Å². The van der Waals surface area contributed by atoms with E-state index in [0.29, 0.717) is 25.2 Å². The summed E-state index contributed by atoms with van der Waals surface area (Å²) in [6, 6.07) is 6.85. The molecule has 1 aromatic rings. The summed E-state index contributed by atoms with van der Waals surface area (Å²) in [4.78, 5) is 36.7. The van der Waals surface area contributed by atoms with Crippen LogP contribution in [0.15, 0.2) is 24.3 Å². The molecule has 0 spiro atoms. The molecule has 1 atom stereocenters. The number of carbonyl (C=O) groups excluding carboxylic acids is 3. The van der Waals surface area contributed by atoms with Crippen molar-refractivity contribution in [2.75, 3.05) is 20.1 Å². The summed E-state index contributed by atoms with van der Waals surface area (Å²) in [5.41, 5.74) is 6.70. The molecule has 1 saturated heterocycles. The Morgan fingerprint density at radius 1 is 1.35 bits per heavy atom. The molecule has 1 heterocycles. The summed E-state index contributed by atoms with van der Waals surface area (Å²) in [5, 5.41) is 5.38. The van der Waals surface area contributed by atoms with Gasteiger partial charge in [-0.25, -0.2) is 4.79 Å². The molecule has 2 rings (SSSR count). The van der Waals surface area contributed by atoms with Crippen molar-refractivity contribution in [3.05, 3.63) is 35.4 Å². The molecule has 0 aromatic heterocycles. The van der Waals surface area contributed by atoms with Crippen LogP contribution in [0.5, 0.6) is 0 Å². The monoisotopic (exact) mass is 318 g/mol. The van der Waals surface area contributed by atoms with Crippen molar-refractivity contribution >= 4 is 17.8 Å². The SMILES string of the molecule is CNC(=O)c1cccc(CNC(=O)N2CCCC(C(N)=O)C2)c1. The molecule has 4 N–H and O–H groups in total. The molecule has 1 aliphatic rings. The number of benzene rings is 1. The lowest BCUT2D eigenvalue weighted by atomic mass is 9.98. The number of urea groups is 1. The molecule has 1 fully saturated rings. The van der Waals surface area contributed by atoms with E-state index in [1.54, 1.807) is 30.1 Å². The average Bonchev–Trinajstić information content (AvgIpc) is 2.59. The van der Waals surface area contributed by atoms with E-state index in [2.05, 4.69) is 10.6 Å². The van der Waals surface area contributed by atoms with Gasteiger partial charge in [-0.2, -0.15) is 0 Å². The number of likely N-dealkylation sites (tertiary alicyclic amines) is 1. The van der Waals surface area contributed by atoms with Crippen LogP contribution in [0.4, 0.5) is 4.79 Å². The van der Waals surface area contributed by atoms with Crippen molar-refractivity contribution in [3.8, 4) is 0 Å². The molecular weight excluding hydrogens is 296 g/mol. The number of hydrogen-bond acceptors (Lipinski definition) is 3. The summed E-state index contributed by atoms with van der Waals surface area (Å²) < 4.78 is 0. The van der Waals surface area contributed by atoms with E-state index in [1.807, 2.05) is 6.07 Å². The van der Waals surface area contributed by atoms with E-state index in [4.69, 9.17) is 5.73 Å². The Kier molecular flexibility index (Phi) is 5.56. The van der Waals surface area contributed by atoms with Crippen molar-refractivity contribution in [3.63, 3.8) is 0 Å². The number of carbonyl (C=O) groups is 3. The lowest BCUT2D eigenvalue weighted by molar-refractivity contribution is -0.123. The van der Waals surface area contributed by atoms with Gasteiger partial charge in [-0.05, 0) is 30.5 Å². The molecule has 7 nitrogen and oxygen atoms in total. The van der Waals surface area contributed by atoms with E-state index in [1.165, 1.54) is 0 Å². The second-order valence-electron chi connectivity index (χ2n) is 5.63. The Bertz CT molecular complexity index is 603. The van der Waals surface area contributed by atoms with Crippen molar-refractivity contribution in [2.45, 2.75) is 19.4 Å². The van der Waals surface area contributed by atoms with E-state index in [0.717, 1.165) is 18.4 Å². The van der Waals surface area contributed by atoms with E-state index >= 15 is 0 Å². The zero-order chi connectivity index (χ0) is 16.8. The first-order chi connectivity index (χ1) is 11.0. The molecule has 1 aliphatic heterocycles. The van der Waals surface area contributed by atoms with Gasteiger partial charge in [0.2, 0.25) is 5.91 Å². The van der Waals surface area contributed by atoms with Gasteiger partial charge in [0.1, 0.15) is 0 Å². The van der Waals surface area contributed by atoms with Crippen molar-refractivity contribution in [1.82, 2.24) is 15.5 Å². The van der Waals surface area contributed by atoms with Crippen LogP contribution in [-0.4, -0.2) is 42.9 Å². The maximum absolute atomic E-state index is 12.2. The van der Waals surface area contributed by atoms with Crippen molar-refractivity contribution < 1.29 is 14.4 Å². The van der Waals surface area contributed by atoms with Gasteiger partial charge in [0.15, 0.2) is 0 Å². The Morgan fingerprint density at radius 2 is 2.13 bits per heavy atom. The Labute approximate surface area is 135 Å². The van der Waals surface area contributed by atoms with Crippen LogP contribution < -0.4 is 16.4 Å². The Balaban J connectivity index is 1.91. The van der Waals surface area contributed by atoms with Crippen LogP contribution in [-0.2, 0) is 11.3 Å². The predicted octanol–water partition coefficient (Wildman–Crippen LogP) is 0.453. The first-order valence-corrected chi connectivity index (χ1v) is 7.64. The zero-order valence-corrected chi connectivity index (χ0v) is 13.2. The third-order valence-corrected chi connectivity index (χ3v) is 3.97. The van der Waals surface area contributed by atoms with Crippen LogP contribution >= 0.6 is 0 Å². The first-order valence-electron chi connectivity index (χ1n) is 7.64. The normalized spacial score (nSPS) is 17.4. The molecule has 0 bridgehead atoms. The highest BCUT2D eigenvalue weighted by Crippen LogP contribution is 2.16. The second-order valence-corrected chi connectivity index (χ2v) is 5.63. The van der Waals surface area contributed by atoms with Crippen LogP contribution in [0.3, 0.4) is 0 Å². The van der Waals surface area contributed by atoms with Gasteiger partial charge in [0, 0.05) is 32.2 Å². The van der Waals surface area contributed by atoms with Gasteiger partial charge in [-0.15, -0.1) is 0 Å². The number of amides is 4. The number of rotatable bonds is 4. The minimum Gasteiger partial charge on any atom is -0.369 e. The fourth-order valence-corrected chi connectivity index (χ4v) is 2.65. The molecule has 0 aliphatic carbocycles. The average molecular weight is 318 g/mol. The van der Waals surface area contributed by atoms with Gasteiger partial charge in [0.25, 0.3) is 5.91 Å². The topological polar surface area (TPSA) is 105 Å². The Morgan fingerprint density at radius 3 is 2.83 bits per heavy atom. The van der Waals surface area contributed by atoms with Crippen LogP contribution in [0, 0.1) is 5.92 Å². The van der Waals surface area contributed by atoms with E-state index < -0.39 is 0 Å². The molecule has 23 heavy (non-hydrogen) atoms. The van der Waals surface area contributed by atoms with Crippen molar-refractivity contribution in [1.29, 1.82) is 0 Å². The second kappa shape index (κ2) is 7.62. The summed E-state index contributed by atoms with van der Waals surface area (Å²) in [6.07, 6.45) is 1.50. The van der Waals surface area contributed by atoms with E-state index in [9.17, 15) is 14.4 Å². The quantitative estimate of drug-likeness (QED) is 0.751. The summed E-state index contributed by atoms with van der Waals surface area (Å²) in [6.45, 7) is 1.30. The molecule has 7 heteroatoms. The van der Waals surface area contributed by atoms with Gasteiger partial charge < -0.3 is 21.3 Å². The number of primary amides is 1. The summed E-state index contributed by atoms with van der Waals surface area (Å²) >= 11 is 0. The molecule has 4 amide bonds. The van der Waals surface area contributed by atoms with Crippen molar-refractivity contribution in [2.24, 2.45) is 11.7 Å². The van der Waals surface area contributed by atoms with Crippen LogP contribution in [0.2, 0.25) is 0 Å². The van der Waals surface area contributed by atoms with Crippen LogP contribution in [0.1, 0.15) is 28.8 Å². The fraction of sp³-hybridized carbons (Fsp3) is 0.438. The summed E-state index contributed by atoms with van der Waals surface area (Å²) in [5.74, 6) is -0.801.